The van der Waals surface area contributed by atoms with Crippen molar-refractivity contribution < 1.29 is 19.1 Å². The van der Waals surface area contributed by atoms with Gasteiger partial charge in [-0.2, -0.15) is 0 Å². The van der Waals surface area contributed by atoms with E-state index in [9.17, 15) is 14.4 Å². The summed E-state index contributed by atoms with van der Waals surface area (Å²) in [4.78, 5) is 39.7. The van der Waals surface area contributed by atoms with Crippen LogP contribution in [-0.4, -0.2) is 36.3 Å². The molecule has 1 aliphatic heterocycles. The van der Waals surface area contributed by atoms with Crippen molar-refractivity contribution in [3.63, 3.8) is 0 Å². The highest BCUT2D eigenvalue weighted by Crippen LogP contribution is 2.37. The van der Waals surface area contributed by atoms with Gasteiger partial charge in [0.25, 0.3) is 0 Å². The summed E-state index contributed by atoms with van der Waals surface area (Å²) >= 11 is 2.85. The summed E-state index contributed by atoms with van der Waals surface area (Å²) in [6.45, 7) is 2.52. The number of thiophene rings is 2. The molecule has 3 rings (SSSR count). The first-order chi connectivity index (χ1) is 12.5. The molecule has 0 bridgehead atoms. The fourth-order valence-corrected chi connectivity index (χ4v) is 4.65. The van der Waals surface area contributed by atoms with Crippen LogP contribution in [0.1, 0.15) is 32.6 Å². The normalized spacial score (nSPS) is 13.5. The number of rotatable bonds is 4. The van der Waals surface area contributed by atoms with E-state index in [1.165, 1.54) is 42.8 Å². The number of hydrogen-bond acceptors (Lipinski definition) is 6. The Labute approximate surface area is 159 Å². The Kier molecular flexibility index (Phi) is 5.53. The van der Waals surface area contributed by atoms with Gasteiger partial charge in [-0.25, -0.2) is 4.79 Å². The van der Waals surface area contributed by atoms with Crippen molar-refractivity contribution in [1.29, 1.82) is 0 Å². The molecular formula is C18H18N2O4S2. The second-order valence-electron chi connectivity index (χ2n) is 5.73. The third-order valence-electron chi connectivity index (χ3n) is 4.07. The maximum Gasteiger partial charge on any atom is 0.341 e. The number of esters is 1. The highest BCUT2D eigenvalue weighted by Gasteiger charge is 2.29. The standard InChI is InChI=1S/C18H18N2O4S2/c1-11(21)20-8-7-13-14(10-20)26-17(16(13)18(23)24-2)19-15(22)6-5-12-4-3-9-25-12/h3-6,9H,7-8,10H2,1-2H3,(H,19,22). The topological polar surface area (TPSA) is 75.7 Å². The van der Waals surface area contributed by atoms with Crippen molar-refractivity contribution in [2.45, 2.75) is 19.9 Å². The SMILES string of the molecule is COC(=O)c1c(NC(=O)C=Cc2cccs2)sc2c1CCN(C(C)=O)C2. The summed E-state index contributed by atoms with van der Waals surface area (Å²) in [5.74, 6) is -0.796. The number of carbonyl (C=O) groups is 3. The minimum Gasteiger partial charge on any atom is -0.465 e. The Bertz CT molecular complexity index is 868. The molecule has 1 aliphatic rings. The Morgan fingerprint density at radius 3 is 2.81 bits per heavy atom. The van der Waals surface area contributed by atoms with Crippen LogP contribution in [-0.2, 0) is 27.3 Å². The number of fused-ring (bicyclic) bond motifs is 1. The largest absolute Gasteiger partial charge is 0.465 e. The molecule has 8 heteroatoms. The molecule has 136 valence electrons. The molecule has 2 aromatic rings. The van der Waals surface area contributed by atoms with Gasteiger partial charge in [-0.1, -0.05) is 6.07 Å². The Balaban J connectivity index is 1.85. The molecule has 26 heavy (non-hydrogen) atoms. The van der Waals surface area contributed by atoms with Crippen molar-refractivity contribution in [1.82, 2.24) is 4.90 Å². The highest BCUT2D eigenvalue weighted by molar-refractivity contribution is 7.17. The Hall–Kier alpha value is -2.45. The molecule has 0 radical (unpaired) electrons. The molecule has 1 N–H and O–H groups in total. The van der Waals surface area contributed by atoms with E-state index in [-0.39, 0.29) is 11.8 Å². The van der Waals surface area contributed by atoms with Gasteiger partial charge in [-0.15, -0.1) is 22.7 Å². The second kappa shape index (κ2) is 7.84. The molecule has 0 fully saturated rings. The van der Waals surface area contributed by atoms with Crippen LogP contribution in [0.5, 0.6) is 0 Å². The van der Waals surface area contributed by atoms with E-state index >= 15 is 0 Å². The van der Waals surface area contributed by atoms with Gasteiger partial charge >= 0.3 is 5.97 Å². The van der Waals surface area contributed by atoms with E-state index in [0.29, 0.717) is 30.1 Å². The summed E-state index contributed by atoms with van der Waals surface area (Å²) in [7, 11) is 1.32. The van der Waals surface area contributed by atoms with E-state index in [1.54, 1.807) is 11.0 Å². The molecule has 2 amide bonds. The number of methoxy groups -OCH3 is 1. The average molecular weight is 390 g/mol. The summed E-state index contributed by atoms with van der Waals surface area (Å²) in [5, 5.41) is 5.18. The summed E-state index contributed by atoms with van der Waals surface area (Å²) in [5.41, 5.74) is 1.26. The lowest BCUT2D eigenvalue weighted by Crippen LogP contribution is -2.33. The predicted octanol–water partition coefficient (Wildman–Crippen LogP) is 3.15. The molecule has 3 heterocycles. The van der Waals surface area contributed by atoms with Crippen molar-refractivity contribution in [2.24, 2.45) is 0 Å². The maximum absolute atomic E-state index is 12.3. The first-order valence-corrected chi connectivity index (χ1v) is 9.70. The minimum atomic E-state index is -0.476. The van der Waals surface area contributed by atoms with Gasteiger partial charge < -0.3 is 15.0 Å². The van der Waals surface area contributed by atoms with Crippen LogP contribution in [0.15, 0.2) is 23.6 Å². The van der Waals surface area contributed by atoms with E-state index in [0.717, 1.165) is 15.3 Å². The quantitative estimate of drug-likeness (QED) is 0.643. The maximum atomic E-state index is 12.3. The van der Waals surface area contributed by atoms with Crippen molar-refractivity contribution in [2.75, 3.05) is 19.0 Å². The van der Waals surface area contributed by atoms with Crippen LogP contribution in [0.25, 0.3) is 6.08 Å². The van der Waals surface area contributed by atoms with Crippen LogP contribution < -0.4 is 5.32 Å². The number of hydrogen-bond donors (Lipinski definition) is 1. The molecule has 0 saturated heterocycles. The van der Waals surface area contributed by atoms with Crippen molar-refractivity contribution in [3.8, 4) is 0 Å². The van der Waals surface area contributed by atoms with E-state index in [1.807, 2.05) is 17.5 Å². The van der Waals surface area contributed by atoms with Crippen LogP contribution in [0.4, 0.5) is 5.00 Å². The molecule has 0 spiro atoms. The summed E-state index contributed by atoms with van der Waals surface area (Å²) in [6, 6.07) is 3.82. The van der Waals surface area contributed by atoms with Crippen LogP contribution >= 0.6 is 22.7 Å². The van der Waals surface area contributed by atoms with E-state index in [2.05, 4.69) is 5.32 Å². The zero-order valence-electron chi connectivity index (χ0n) is 14.4. The van der Waals surface area contributed by atoms with Crippen molar-refractivity contribution in [3.05, 3.63) is 44.5 Å². The number of nitrogens with one attached hydrogen (secondary N) is 1. The number of anilines is 1. The molecule has 0 aromatic carbocycles. The van der Waals surface area contributed by atoms with E-state index < -0.39 is 5.97 Å². The monoisotopic (exact) mass is 390 g/mol. The average Bonchev–Trinajstić information content (AvgIpc) is 3.25. The number of ether oxygens (including phenoxy) is 1. The Morgan fingerprint density at radius 2 is 2.15 bits per heavy atom. The molecule has 0 saturated carbocycles. The number of carbonyl (C=O) groups excluding carboxylic acids is 3. The fraction of sp³-hybridized carbons (Fsp3) is 0.278. The smallest absolute Gasteiger partial charge is 0.341 e. The van der Waals surface area contributed by atoms with Gasteiger partial charge in [0.05, 0.1) is 19.2 Å². The van der Waals surface area contributed by atoms with Crippen LogP contribution in [0, 0.1) is 0 Å². The van der Waals surface area contributed by atoms with Gasteiger partial charge in [-0.3, -0.25) is 9.59 Å². The van der Waals surface area contributed by atoms with Crippen LogP contribution in [0.2, 0.25) is 0 Å². The summed E-state index contributed by atoms with van der Waals surface area (Å²) in [6.07, 6.45) is 3.73. The van der Waals surface area contributed by atoms with Crippen LogP contribution in [0.3, 0.4) is 0 Å². The van der Waals surface area contributed by atoms with Crippen molar-refractivity contribution >= 4 is 51.5 Å². The van der Waals surface area contributed by atoms with Gasteiger partial charge in [0, 0.05) is 29.3 Å². The lowest BCUT2D eigenvalue weighted by Gasteiger charge is -2.25. The predicted molar refractivity (Wildman–Crippen MR) is 102 cm³/mol. The molecule has 0 aliphatic carbocycles. The molecule has 0 unspecified atom stereocenters. The first kappa shape index (κ1) is 18.3. The zero-order chi connectivity index (χ0) is 18.7. The lowest BCUT2D eigenvalue weighted by atomic mass is 10.0. The third kappa shape index (κ3) is 3.86. The molecule has 6 nitrogen and oxygen atoms in total. The van der Waals surface area contributed by atoms with E-state index in [4.69, 9.17) is 4.74 Å². The molecule has 0 atom stereocenters. The highest BCUT2D eigenvalue weighted by atomic mass is 32.1. The van der Waals surface area contributed by atoms with Gasteiger partial charge in [0.15, 0.2) is 0 Å². The first-order valence-electron chi connectivity index (χ1n) is 8.00. The van der Waals surface area contributed by atoms with Gasteiger partial charge in [0.2, 0.25) is 11.8 Å². The third-order valence-corrected chi connectivity index (χ3v) is 6.04. The lowest BCUT2D eigenvalue weighted by molar-refractivity contribution is -0.129. The summed E-state index contributed by atoms with van der Waals surface area (Å²) < 4.78 is 4.90. The minimum absolute atomic E-state index is 0.00636. The fourth-order valence-electron chi connectivity index (χ4n) is 2.78. The second-order valence-corrected chi connectivity index (χ2v) is 7.81. The molecule has 2 aromatic heterocycles. The Morgan fingerprint density at radius 1 is 1.35 bits per heavy atom. The molecular weight excluding hydrogens is 372 g/mol. The van der Waals surface area contributed by atoms with Gasteiger partial charge in [0.1, 0.15) is 5.00 Å². The number of nitrogens with zero attached hydrogens (tertiary/aromatic N) is 1. The zero-order valence-corrected chi connectivity index (χ0v) is 16.0. The van der Waals surface area contributed by atoms with Gasteiger partial charge in [-0.05, 0) is 29.5 Å². The number of amides is 2.